The molecule has 1 aliphatic rings. The molecule has 1 aliphatic carbocycles. The van der Waals surface area contributed by atoms with Crippen molar-refractivity contribution >= 4 is 6.09 Å². The van der Waals surface area contributed by atoms with Crippen LogP contribution in [0, 0.1) is 0 Å². The fraction of sp³-hybridized carbons (Fsp3) is 0.900. The molecule has 0 spiro atoms. The molecule has 5 heteroatoms. The summed E-state index contributed by atoms with van der Waals surface area (Å²) in [7, 11) is 1.59. The van der Waals surface area contributed by atoms with Crippen LogP contribution in [-0.4, -0.2) is 30.9 Å². The summed E-state index contributed by atoms with van der Waals surface area (Å²) in [5.74, 6) is 0. The molecule has 88 valence electrons. The molecule has 5 nitrogen and oxygen atoms in total. The van der Waals surface area contributed by atoms with Crippen LogP contribution in [0.15, 0.2) is 0 Å². The van der Waals surface area contributed by atoms with Crippen LogP contribution < -0.4 is 10.8 Å². The largest absolute Gasteiger partial charge is 0.444 e. The zero-order chi connectivity index (χ0) is 11.5. The number of rotatable bonds is 3. The van der Waals surface area contributed by atoms with Gasteiger partial charge >= 0.3 is 6.09 Å². The molecule has 1 rings (SSSR count). The van der Waals surface area contributed by atoms with Gasteiger partial charge in [0.2, 0.25) is 0 Å². The third kappa shape index (κ3) is 4.48. The second-order valence-corrected chi connectivity index (χ2v) is 4.83. The van der Waals surface area contributed by atoms with Crippen molar-refractivity contribution in [3.05, 3.63) is 0 Å². The molecule has 0 atom stereocenters. The Hall–Kier alpha value is -0.810. The summed E-state index contributed by atoms with van der Waals surface area (Å²) in [6.07, 6.45) is 1.42. The number of ether oxygens (including phenoxy) is 1. The Morgan fingerprint density at radius 3 is 2.33 bits per heavy atom. The molecule has 1 fully saturated rings. The molecular formula is C10H20N2O3. The number of hydrogen-bond donors (Lipinski definition) is 2. The fourth-order valence-electron chi connectivity index (χ4n) is 1.47. The van der Waals surface area contributed by atoms with E-state index in [0.29, 0.717) is 6.04 Å². The lowest BCUT2D eigenvalue weighted by atomic mass is 9.87. The minimum atomic E-state index is -0.433. The molecule has 0 unspecified atom stereocenters. The Morgan fingerprint density at radius 1 is 1.27 bits per heavy atom. The first-order chi connectivity index (χ1) is 6.90. The standard InChI is InChI=1S/C10H20N2O3/c1-10(2,3)15-9(13)11-7-5-8(6-7)12-14-4/h7-8,12H,5-6H2,1-4H3,(H,11,13). The molecule has 15 heavy (non-hydrogen) atoms. The lowest BCUT2D eigenvalue weighted by Gasteiger charge is -2.35. The number of alkyl carbamates (subject to hydrolysis) is 1. The van der Waals surface area contributed by atoms with Crippen LogP contribution in [0.25, 0.3) is 0 Å². The molecule has 0 aromatic rings. The van der Waals surface area contributed by atoms with Gasteiger partial charge in [0.05, 0.1) is 7.11 Å². The van der Waals surface area contributed by atoms with Crippen LogP contribution in [0.4, 0.5) is 4.79 Å². The molecule has 0 bridgehead atoms. The van der Waals surface area contributed by atoms with Gasteiger partial charge in [0.15, 0.2) is 0 Å². The predicted molar refractivity (Wildman–Crippen MR) is 56.3 cm³/mol. The zero-order valence-electron chi connectivity index (χ0n) is 9.79. The van der Waals surface area contributed by atoms with Gasteiger partial charge in [-0.2, -0.15) is 5.48 Å². The van der Waals surface area contributed by atoms with Crippen LogP contribution in [0.2, 0.25) is 0 Å². The van der Waals surface area contributed by atoms with Crippen molar-refractivity contribution < 1.29 is 14.4 Å². The van der Waals surface area contributed by atoms with E-state index in [2.05, 4.69) is 10.8 Å². The van der Waals surface area contributed by atoms with E-state index in [0.717, 1.165) is 12.8 Å². The SMILES string of the molecule is CONC1CC(NC(=O)OC(C)(C)C)C1. The lowest BCUT2D eigenvalue weighted by Crippen LogP contribution is -2.52. The number of carbonyl (C=O) groups excluding carboxylic acids is 1. The molecule has 0 heterocycles. The van der Waals surface area contributed by atoms with Crippen molar-refractivity contribution in [1.29, 1.82) is 0 Å². The minimum absolute atomic E-state index is 0.201. The van der Waals surface area contributed by atoms with Crippen molar-refractivity contribution in [3.8, 4) is 0 Å². The van der Waals surface area contributed by atoms with E-state index < -0.39 is 5.60 Å². The maximum atomic E-state index is 11.3. The number of carbonyl (C=O) groups is 1. The Kier molecular flexibility index (Phi) is 3.93. The van der Waals surface area contributed by atoms with Crippen molar-refractivity contribution in [1.82, 2.24) is 10.8 Å². The van der Waals surface area contributed by atoms with Crippen LogP contribution in [-0.2, 0) is 9.57 Å². The summed E-state index contributed by atoms with van der Waals surface area (Å²) in [6, 6.07) is 0.544. The third-order valence-corrected chi connectivity index (χ3v) is 2.14. The molecule has 0 aromatic heterocycles. The van der Waals surface area contributed by atoms with E-state index in [1.54, 1.807) is 7.11 Å². The monoisotopic (exact) mass is 216 g/mol. The van der Waals surface area contributed by atoms with Gasteiger partial charge in [-0.3, -0.25) is 0 Å². The van der Waals surface area contributed by atoms with E-state index >= 15 is 0 Å². The van der Waals surface area contributed by atoms with Gasteiger partial charge in [-0.1, -0.05) is 0 Å². The highest BCUT2D eigenvalue weighted by atomic mass is 16.6. The van der Waals surface area contributed by atoms with Gasteiger partial charge in [-0.15, -0.1) is 0 Å². The highest BCUT2D eigenvalue weighted by Gasteiger charge is 2.31. The molecule has 0 aliphatic heterocycles. The quantitative estimate of drug-likeness (QED) is 0.696. The van der Waals surface area contributed by atoms with E-state index in [9.17, 15) is 4.79 Å². The van der Waals surface area contributed by atoms with Crippen molar-refractivity contribution in [2.24, 2.45) is 0 Å². The van der Waals surface area contributed by atoms with Gasteiger partial charge in [-0.05, 0) is 33.6 Å². The van der Waals surface area contributed by atoms with Crippen LogP contribution >= 0.6 is 0 Å². The minimum Gasteiger partial charge on any atom is -0.444 e. The first-order valence-corrected chi connectivity index (χ1v) is 5.19. The first kappa shape index (κ1) is 12.3. The second-order valence-electron chi connectivity index (χ2n) is 4.83. The van der Waals surface area contributed by atoms with Gasteiger partial charge < -0.3 is 14.9 Å². The fourth-order valence-corrected chi connectivity index (χ4v) is 1.47. The Labute approximate surface area is 90.5 Å². The van der Waals surface area contributed by atoms with Gasteiger partial charge in [0, 0.05) is 12.1 Å². The van der Waals surface area contributed by atoms with Gasteiger partial charge in [0.1, 0.15) is 5.60 Å². The van der Waals surface area contributed by atoms with Crippen molar-refractivity contribution in [2.45, 2.75) is 51.3 Å². The summed E-state index contributed by atoms with van der Waals surface area (Å²) in [5.41, 5.74) is 2.41. The summed E-state index contributed by atoms with van der Waals surface area (Å²) in [4.78, 5) is 16.1. The summed E-state index contributed by atoms with van der Waals surface area (Å²) in [5, 5.41) is 2.80. The van der Waals surface area contributed by atoms with Crippen molar-refractivity contribution in [3.63, 3.8) is 0 Å². The Morgan fingerprint density at radius 2 is 1.87 bits per heavy atom. The maximum Gasteiger partial charge on any atom is 0.407 e. The number of hydrogen-bond acceptors (Lipinski definition) is 4. The summed E-state index contributed by atoms with van der Waals surface area (Å²) in [6.45, 7) is 5.55. The van der Waals surface area contributed by atoms with Gasteiger partial charge in [-0.25, -0.2) is 4.79 Å². The normalized spacial score (nSPS) is 25.6. The van der Waals surface area contributed by atoms with E-state index in [1.165, 1.54) is 0 Å². The summed E-state index contributed by atoms with van der Waals surface area (Å²) < 4.78 is 5.14. The Bertz CT molecular complexity index is 219. The average Bonchev–Trinajstić information content (AvgIpc) is 1.97. The molecule has 1 saturated carbocycles. The van der Waals surface area contributed by atoms with Crippen molar-refractivity contribution in [2.75, 3.05) is 7.11 Å². The molecule has 0 saturated heterocycles. The van der Waals surface area contributed by atoms with Crippen LogP contribution in [0.3, 0.4) is 0 Å². The van der Waals surface area contributed by atoms with E-state index in [4.69, 9.17) is 9.57 Å². The summed E-state index contributed by atoms with van der Waals surface area (Å²) >= 11 is 0. The predicted octanol–water partition coefficient (Wildman–Crippen LogP) is 1.19. The number of nitrogens with one attached hydrogen (secondary N) is 2. The molecular weight excluding hydrogens is 196 g/mol. The third-order valence-electron chi connectivity index (χ3n) is 2.14. The van der Waals surface area contributed by atoms with E-state index in [-0.39, 0.29) is 12.1 Å². The highest BCUT2D eigenvalue weighted by Crippen LogP contribution is 2.20. The number of hydroxylamine groups is 1. The highest BCUT2D eigenvalue weighted by molar-refractivity contribution is 5.68. The smallest absolute Gasteiger partial charge is 0.407 e. The van der Waals surface area contributed by atoms with Crippen LogP contribution in [0.5, 0.6) is 0 Å². The molecule has 0 aromatic carbocycles. The number of amides is 1. The molecule has 2 N–H and O–H groups in total. The Balaban J connectivity index is 2.14. The van der Waals surface area contributed by atoms with E-state index in [1.807, 2.05) is 20.8 Å². The average molecular weight is 216 g/mol. The zero-order valence-corrected chi connectivity index (χ0v) is 9.79. The molecule has 0 radical (unpaired) electrons. The molecule has 1 amide bonds. The first-order valence-electron chi connectivity index (χ1n) is 5.19. The lowest BCUT2D eigenvalue weighted by molar-refractivity contribution is 0.0162. The maximum absolute atomic E-state index is 11.3. The topological polar surface area (TPSA) is 59.6 Å². The second kappa shape index (κ2) is 4.81. The van der Waals surface area contributed by atoms with Crippen LogP contribution in [0.1, 0.15) is 33.6 Å². The van der Waals surface area contributed by atoms with Gasteiger partial charge in [0.25, 0.3) is 0 Å².